The number of nitrogens with two attached hydrogens (primary N) is 1. The fourth-order valence-electron chi connectivity index (χ4n) is 2.09. The van der Waals surface area contributed by atoms with Crippen LogP contribution in [0.3, 0.4) is 0 Å². The lowest BCUT2D eigenvalue weighted by atomic mass is 10.2. The first-order valence-corrected chi connectivity index (χ1v) is 9.18. The molecule has 0 aliphatic rings. The maximum Gasteiger partial charge on any atom is 0.368 e. The number of benzene rings is 2. The second-order valence-corrected chi connectivity index (χ2v) is 6.98. The van der Waals surface area contributed by atoms with Gasteiger partial charge in [0.25, 0.3) is 5.91 Å². The number of rotatable bonds is 5. The molecule has 136 valence electrons. The van der Waals surface area contributed by atoms with Gasteiger partial charge in [0, 0.05) is 15.4 Å². The van der Waals surface area contributed by atoms with Crippen molar-refractivity contribution in [1.82, 2.24) is 4.98 Å². The summed E-state index contributed by atoms with van der Waals surface area (Å²) in [6, 6.07) is 12.7. The van der Waals surface area contributed by atoms with E-state index in [1.165, 1.54) is 18.2 Å². The van der Waals surface area contributed by atoms with Gasteiger partial charge in [0.2, 0.25) is 5.71 Å². The molecule has 3 aromatic rings. The fraction of sp³-hybridized carbons (Fsp3) is 0. The summed E-state index contributed by atoms with van der Waals surface area (Å²) in [5.41, 5.74) is 6.12. The van der Waals surface area contributed by atoms with Gasteiger partial charge in [-0.2, -0.15) is 0 Å². The molecule has 1 aromatic heterocycles. The van der Waals surface area contributed by atoms with Gasteiger partial charge in [0.15, 0.2) is 5.01 Å². The molecule has 27 heavy (non-hydrogen) atoms. The first kappa shape index (κ1) is 18.9. The lowest BCUT2D eigenvalue weighted by Crippen LogP contribution is -2.25. The zero-order chi connectivity index (χ0) is 19.4. The molecular weight excluding hydrogens is 437 g/mol. The standard InChI is InChI=1S/C18H11BrFN3O3S/c19-11-7-5-10(6-8-11)14-9-27-17(22-14)15(16(21)24)23-26-18(25)12-3-1-2-4-13(12)20/h1-9H,(H2,21,24). The molecule has 0 aliphatic heterocycles. The molecule has 0 aliphatic carbocycles. The van der Waals surface area contributed by atoms with Crippen LogP contribution in [0.2, 0.25) is 0 Å². The Morgan fingerprint density at radius 1 is 1.15 bits per heavy atom. The summed E-state index contributed by atoms with van der Waals surface area (Å²) in [5, 5.41) is 5.40. The van der Waals surface area contributed by atoms with Crippen molar-refractivity contribution in [3.63, 3.8) is 0 Å². The molecule has 0 unspecified atom stereocenters. The summed E-state index contributed by atoms with van der Waals surface area (Å²) in [6.07, 6.45) is 0. The number of halogens is 2. The number of hydrogen-bond donors (Lipinski definition) is 1. The average Bonchev–Trinajstić information content (AvgIpc) is 3.12. The van der Waals surface area contributed by atoms with E-state index in [9.17, 15) is 14.0 Å². The molecule has 1 amide bonds. The van der Waals surface area contributed by atoms with Crippen LogP contribution in [-0.2, 0) is 9.63 Å². The minimum atomic E-state index is -1.04. The van der Waals surface area contributed by atoms with Crippen molar-refractivity contribution in [2.75, 3.05) is 0 Å². The van der Waals surface area contributed by atoms with E-state index in [4.69, 9.17) is 5.73 Å². The fourth-order valence-corrected chi connectivity index (χ4v) is 3.17. The Bertz CT molecular complexity index is 1030. The van der Waals surface area contributed by atoms with Gasteiger partial charge in [-0.1, -0.05) is 45.4 Å². The van der Waals surface area contributed by atoms with Crippen LogP contribution in [-0.4, -0.2) is 22.6 Å². The minimum absolute atomic E-state index is 0.182. The van der Waals surface area contributed by atoms with Crippen molar-refractivity contribution in [3.05, 3.63) is 74.8 Å². The normalized spacial score (nSPS) is 11.3. The van der Waals surface area contributed by atoms with Gasteiger partial charge in [0.1, 0.15) is 5.82 Å². The highest BCUT2D eigenvalue weighted by atomic mass is 79.9. The Morgan fingerprint density at radius 3 is 2.52 bits per heavy atom. The molecule has 0 saturated heterocycles. The van der Waals surface area contributed by atoms with Crippen LogP contribution in [0.1, 0.15) is 15.4 Å². The number of aromatic nitrogens is 1. The Hall–Kier alpha value is -2.91. The van der Waals surface area contributed by atoms with E-state index in [1.807, 2.05) is 24.3 Å². The summed E-state index contributed by atoms with van der Waals surface area (Å²) < 4.78 is 14.5. The zero-order valence-electron chi connectivity index (χ0n) is 13.6. The van der Waals surface area contributed by atoms with E-state index in [1.54, 1.807) is 5.38 Å². The quantitative estimate of drug-likeness (QED) is 0.365. The molecule has 0 fully saturated rings. The molecule has 0 saturated carbocycles. The van der Waals surface area contributed by atoms with Crippen LogP contribution in [0.5, 0.6) is 0 Å². The van der Waals surface area contributed by atoms with Crippen LogP contribution in [0.15, 0.2) is 63.5 Å². The second-order valence-electron chi connectivity index (χ2n) is 5.21. The Labute approximate surface area is 165 Å². The Morgan fingerprint density at radius 2 is 1.85 bits per heavy atom. The predicted octanol–water partition coefficient (Wildman–Crippen LogP) is 3.76. The third-order valence-corrected chi connectivity index (χ3v) is 4.77. The highest BCUT2D eigenvalue weighted by Gasteiger charge is 2.19. The molecule has 0 atom stereocenters. The number of thiazole rings is 1. The first-order valence-electron chi connectivity index (χ1n) is 7.51. The van der Waals surface area contributed by atoms with E-state index in [0.29, 0.717) is 5.69 Å². The van der Waals surface area contributed by atoms with Crippen molar-refractivity contribution >= 4 is 44.9 Å². The van der Waals surface area contributed by atoms with Crippen molar-refractivity contribution in [3.8, 4) is 11.3 Å². The monoisotopic (exact) mass is 447 g/mol. The highest BCUT2D eigenvalue weighted by molar-refractivity contribution is 9.10. The molecule has 2 aromatic carbocycles. The zero-order valence-corrected chi connectivity index (χ0v) is 16.0. The smallest absolute Gasteiger partial charge is 0.364 e. The summed E-state index contributed by atoms with van der Waals surface area (Å²) in [6.45, 7) is 0. The van der Waals surface area contributed by atoms with Crippen LogP contribution < -0.4 is 5.73 Å². The van der Waals surface area contributed by atoms with Crippen LogP contribution in [0.25, 0.3) is 11.3 Å². The predicted molar refractivity (Wildman–Crippen MR) is 103 cm³/mol. The molecule has 1 heterocycles. The third kappa shape index (κ3) is 4.44. The molecular formula is C18H11BrFN3O3S. The van der Waals surface area contributed by atoms with Crippen molar-refractivity contribution in [2.45, 2.75) is 0 Å². The number of amides is 1. The van der Waals surface area contributed by atoms with Gasteiger partial charge >= 0.3 is 5.97 Å². The lowest BCUT2D eigenvalue weighted by Gasteiger charge is -2.01. The second kappa shape index (κ2) is 8.19. The number of oxime groups is 1. The summed E-state index contributed by atoms with van der Waals surface area (Å²) >= 11 is 4.47. The van der Waals surface area contributed by atoms with Gasteiger partial charge in [-0.3, -0.25) is 4.79 Å². The molecule has 0 radical (unpaired) electrons. The Balaban J connectivity index is 1.85. The molecule has 0 spiro atoms. The van der Waals surface area contributed by atoms with Crippen molar-refractivity contribution in [1.29, 1.82) is 0 Å². The number of primary amides is 1. The molecule has 2 N–H and O–H groups in total. The third-order valence-electron chi connectivity index (χ3n) is 3.39. The van der Waals surface area contributed by atoms with Gasteiger partial charge in [-0.05, 0) is 24.3 Å². The van der Waals surface area contributed by atoms with Gasteiger partial charge in [-0.25, -0.2) is 14.2 Å². The summed E-state index contributed by atoms with van der Waals surface area (Å²) in [4.78, 5) is 32.6. The molecule has 9 heteroatoms. The van der Waals surface area contributed by atoms with Crippen molar-refractivity contribution in [2.24, 2.45) is 10.9 Å². The number of carbonyl (C=O) groups excluding carboxylic acids is 2. The summed E-state index contributed by atoms with van der Waals surface area (Å²) in [7, 11) is 0. The van der Waals surface area contributed by atoms with Crippen molar-refractivity contribution < 1.29 is 18.8 Å². The van der Waals surface area contributed by atoms with E-state index in [0.717, 1.165) is 27.4 Å². The van der Waals surface area contributed by atoms with E-state index < -0.39 is 17.7 Å². The van der Waals surface area contributed by atoms with Gasteiger partial charge in [0.05, 0.1) is 11.3 Å². The van der Waals surface area contributed by atoms with Gasteiger partial charge in [-0.15, -0.1) is 11.3 Å². The average molecular weight is 448 g/mol. The minimum Gasteiger partial charge on any atom is -0.364 e. The Kier molecular flexibility index (Phi) is 5.72. The SMILES string of the molecule is NC(=O)C(=NOC(=O)c1ccccc1F)c1nc(-c2ccc(Br)cc2)cs1. The lowest BCUT2D eigenvalue weighted by molar-refractivity contribution is -0.112. The van der Waals surface area contributed by atoms with Gasteiger partial charge < -0.3 is 10.6 Å². The molecule has 0 bridgehead atoms. The van der Waals surface area contributed by atoms with E-state index in [2.05, 4.69) is 30.9 Å². The maximum absolute atomic E-state index is 13.6. The molecule has 3 rings (SSSR count). The van der Waals surface area contributed by atoms with Crippen LogP contribution in [0.4, 0.5) is 4.39 Å². The topological polar surface area (TPSA) is 94.6 Å². The molecule has 6 nitrogen and oxygen atoms in total. The van der Waals surface area contributed by atoms with Crippen LogP contribution in [0, 0.1) is 5.82 Å². The largest absolute Gasteiger partial charge is 0.368 e. The van der Waals surface area contributed by atoms with Crippen LogP contribution >= 0.6 is 27.3 Å². The highest BCUT2D eigenvalue weighted by Crippen LogP contribution is 2.24. The van der Waals surface area contributed by atoms with E-state index in [-0.39, 0.29) is 16.3 Å². The number of carbonyl (C=O) groups is 2. The number of nitrogens with zero attached hydrogens (tertiary/aromatic N) is 2. The first-order chi connectivity index (χ1) is 13.0. The maximum atomic E-state index is 13.6. The summed E-state index contributed by atoms with van der Waals surface area (Å²) in [5.74, 6) is -2.73. The number of hydrogen-bond acceptors (Lipinski definition) is 6. The van der Waals surface area contributed by atoms with E-state index >= 15 is 0 Å².